The lowest BCUT2D eigenvalue weighted by Gasteiger charge is -2.13. The minimum absolute atomic E-state index is 0.125. The van der Waals surface area contributed by atoms with E-state index in [0.29, 0.717) is 25.5 Å². The number of ether oxygens (including phenoxy) is 1. The van der Waals surface area contributed by atoms with E-state index in [2.05, 4.69) is 52.9 Å². The first-order chi connectivity index (χ1) is 15.7. The van der Waals surface area contributed by atoms with Crippen molar-refractivity contribution in [2.24, 2.45) is 7.05 Å². The maximum absolute atomic E-state index is 11.7. The molecule has 1 N–H and O–H groups in total. The fourth-order valence-corrected chi connectivity index (χ4v) is 4.26. The summed E-state index contributed by atoms with van der Waals surface area (Å²) in [5.74, 6) is 1.06. The molecule has 5 rings (SSSR count). The van der Waals surface area contributed by atoms with Crippen molar-refractivity contribution in [2.45, 2.75) is 31.8 Å². The van der Waals surface area contributed by atoms with Gasteiger partial charge in [-0.25, -0.2) is 4.98 Å². The molecule has 1 amide bonds. The van der Waals surface area contributed by atoms with E-state index < -0.39 is 0 Å². The zero-order chi connectivity index (χ0) is 21.9. The number of pyridine rings is 1. The van der Waals surface area contributed by atoms with Crippen molar-refractivity contribution in [3.8, 4) is 17.1 Å². The van der Waals surface area contributed by atoms with E-state index in [4.69, 9.17) is 9.72 Å². The normalized spacial score (nSPS) is 16.5. The second kappa shape index (κ2) is 8.83. The van der Waals surface area contributed by atoms with Gasteiger partial charge in [-0.05, 0) is 36.5 Å². The Balaban J connectivity index is 1.29. The molecule has 2 aromatic carbocycles. The Morgan fingerprint density at radius 2 is 1.91 bits per heavy atom. The van der Waals surface area contributed by atoms with Crippen LogP contribution in [0.1, 0.15) is 36.3 Å². The number of carbonyl (C=O) groups is 1. The average molecular weight is 427 g/mol. The number of fused-ring (bicyclic) bond motifs is 1. The van der Waals surface area contributed by atoms with Crippen molar-refractivity contribution in [1.82, 2.24) is 20.1 Å². The number of benzene rings is 2. The van der Waals surface area contributed by atoms with Gasteiger partial charge in [-0.1, -0.05) is 48.5 Å². The summed E-state index contributed by atoms with van der Waals surface area (Å²) in [4.78, 5) is 16.5. The summed E-state index contributed by atoms with van der Waals surface area (Å²) in [6.07, 6.45) is 4.29. The van der Waals surface area contributed by atoms with Crippen LogP contribution in [0.3, 0.4) is 0 Å². The van der Waals surface area contributed by atoms with Crippen LogP contribution in [0.4, 0.5) is 0 Å². The van der Waals surface area contributed by atoms with Crippen LogP contribution in [0.2, 0.25) is 0 Å². The van der Waals surface area contributed by atoms with Crippen LogP contribution in [0.5, 0.6) is 5.88 Å². The van der Waals surface area contributed by atoms with Gasteiger partial charge in [0, 0.05) is 42.7 Å². The number of aromatic nitrogens is 3. The molecule has 162 valence electrons. The Morgan fingerprint density at radius 3 is 2.78 bits per heavy atom. The summed E-state index contributed by atoms with van der Waals surface area (Å²) >= 11 is 0. The van der Waals surface area contributed by atoms with Gasteiger partial charge in [-0.15, -0.1) is 5.10 Å². The van der Waals surface area contributed by atoms with Crippen molar-refractivity contribution in [1.29, 1.82) is 0 Å². The summed E-state index contributed by atoms with van der Waals surface area (Å²) in [6.45, 7) is 1.14. The van der Waals surface area contributed by atoms with Crippen LogP contribution in [-0.2, 0) is 18.4 Å². The molecule has 4 aromatic rings. The standard InChI is InChI=1S/C26H26N4O2/c1-30-16-22(19-11-13-25(31)27-15-14-19)26(29-30)32-17-18-6-8-21(9-7-18)24-12-10-20-4-2-3-5-23(20)28-24/h2-10,12,16,19H,11,13-15,17H2,1H3,(H,27,31). The Hall–Kier alpha value is -3.67. The van der Waals surface area contributed by atoms with Gasteiger partial charge in [0.05, 0.1) is 11.2 Å². The van der Waals surface area contributed by atoms with Gasteiger partial charge in [0.2, 0.25) is 11.8 Å². The molecule has 0 aliphatic carbocycles. The molecule has 6 heteroatoms. The van der Waals surface area contributed by atoms with Crippen LogP contribution in [0, 0.1) is 0 Å². The van der Waals surface area contributed by atoms with Gasteiger partial charge in [0.1, 0.15) is 6.61 Å². The molecule has 1 unspecified atom stereocenters. The summed E-state index contributed by atoms with van der Waals surface area (Å²) in [5, 5.41) is 8.61. The second-order valence-corrected chi connectivity index (χ2v) is 8.31. The molecule has 0 saturated carbocycles. The smallest absolute Gasteiger partial charge is 0.236 e. The van der Waals surface area contributed by atoms with Gasteiger partial charge in [0.25, 0.3) is 0 Å². The van der Waals surface area contributed by atoms with E-state index in [9.17, 15) is 4.79 Å². The van der Waals surface area contributed by atoms with Crippen molar-refractivity contribution in [2.75, 3.05) is 6.54 Å². The van der Waals surface area contributed by atoms with E-state index in [-0.39, 0.29) is 11.8 Å². The van der Waals surface area contributed by atoms with Crippen LogP contribution in [0.15, 0.2) is 66.9 Å². The molecule has 6 nitrogen and oxygen atoms in total. The van der Waals surface area contributed by atoms with Gasteiger partial charge in [-0.2, -0.15) is 0 Å². The van der Waals surface area contributed by atoms with E-state index >= 15 is 0 Å². The Bertz CT molecular complexity index is 1250. The van der Waals surface area contributed by atoms with Crippen LogP contribution < -0.4 is 10.1 Å². The molecule has 32 heavy (non-hydrogen) atoms. The third-order valence-corrected chi connectivity index (χ3v) is 6.02. The minimum Gasteiger partial charge on any atom is -0.472 e. The molecule has 1 aliphatic heterocycles. The molecular formula is C26H26N4O2. The van der Waals surface area contributed by atoms with Crippen molar-refractivity contribution >= 4 is 16.8 Å². The maximum Gasteiger partial charge on any atom is 0.236 e. The lowest BCUT2D eigenvalue weighted by Crippen LogP contribution is -2.21. The maximum atomic E-state index is 11.7. The quantitative estimate of drug-likeness (QED) is 0.506. The molecule has 0 spiro atoms. The lowest BCUT2D eigenvalue weighted by molar-refractivity contribution is -0.120. The van der Waals surface area contributed by atoms with E-state index in [1.54, 1.807) is 4.68 Å². The van der Waals surface area contributed by atoms with Crippen LogP contribution in [0.25, 0.3) is 22.2 Å². The van der Waals surface area contributed by atoms with Gasteiger partial charge in [-0.3, -0.25) is 9.48 Å². The number of hydrogen-bond acceptors (Lipinski definition) is 4. The lowest BCUT2D eigenvalue weighted by atomic mass is 9.94. The van der Waals surface area contributed by atoms with Gasteiger partial charge in [0.15, 0.2) is 0 Å². The number of para-hydroxylation sites is 1. The molecule has 1 aliphatic rings. The number of aryl methyl sites for hydroxylation is 1. The minimum atomic E-state index is 0.125. The first-order valence-corrected chi connectivity index (χ1v) is 11.0. The first kappa shape index (κ1) is 20.2. The monoisotopic (exact) mass is 426 g/mol. The summed E-state index contributed by atoms with van der Waals surface area (Å²) < 4.78 is 7.91. The molecule has 1 fully saturated rings. The summed E-state index contributed by atoms with van der Waals surface area (Å²) in [5.41, 5.74) is 5.19. The number of hydrogen-bond donors (Lipinski definition) is 1. The van der Waals surface area contributed by atoms with Crippen LogP contribution >= 0.6 is 0 Å². The first-order valence-electron chi connectivity index (χ1n) is 11.0. The number of amides is 1. The summed E-state index contributed by atoms with van der Waals surface area (Å²) in [6, 6.07) is 20.6. The van der Waals surface area contributed by atoms with Gasteiger partial charge >= 0.3 is 0 Å². The van der Waals surface area contributed by atoms with Crippen molar-refractivity contribution < 1.29 is 9.53 Å². The molecule has 0 bridgehead atoms. The van der Waals surface area contributed by atoms with Crippen molar-refractivity contribution in [3.63, 3.8) is 0 Å². The average Bonchev–Trinajstić information content (AvgIpc) is 3.06. The fourth-order valence-electron chi connectivity index (χ4n) is 4.26. The third-order valence-electron chi connectivity index (χ3n) is 6.02. The number of carbonyl (C=O) groups excluding carboxylic acids is 1. The van der Waals surface area contributed by atoms with E-state index in [1.165, 1.54) is 0 Å². The zero-order valence-corrected chi connectivity index (χ0v) is 18.1. The molecule has 3 heterocycles. The predicted octanol–water partition coefficient (Wildman–Crippen LogP) is 4.60. The summed E-state index contributed by atoms with van der Waals surface area (Å²) in [7, 11) is 1.90. The SMILES string of the molecule is Cn1cc(C2CCNC(=O)CC2)c(OCc2ccc(-c3ccc4ccccc4n3)cc2)n1. The molecule has 1 saturated heterocycles. The highest BCUT2D eigenvalue weighted by atomic mass is 16.5. The van der Waals surface area contributed by atoms with Crippen LogP contribution in [-0.4, -0.2) is 27.2 Å². The largest absolute Gasteiger partial charge is 0.472 e. The number of rotatable bonds is 5. The molecule has 2 aromatic heterocycles. The Kier molecular flexibility index (Phi) is 5.58. The topological polar surface area (TPSA) is 69.0 Å². The zero-order valence-electron chi connectivity index (χ0n) is 18.1. The molecular weight excluding hydrogens is 400 g/mol. The highest BCUT2D eigenvalue weighted by Crippen LogP contribution is 2.33. The van der Waals surface area contributed by atoms with Crippen molar-refractivity contribution in [3.05, 3.63) is 78.0 Å². The number of nitrogens with one attached hydrogen (secondary N) is 1. The predicted molar refractivity (Wildman–Crippen MR) is 124 cm³/mol. The molecule has 1 atom stereocenters. The third kappa shape index (κ3) is 4.35. The van der Waals surface area contributed by atoms with Gasteiger partial charge < -0.3 is 10.1 Å². The molecule has 0 radical (unpaired) electrons. The van der Waals surface area contributed by atoms with E-state index in [0.717, 1.165) is 46.1 Å². The highest BCUT2D eigenvalue weighted by molar-refractivity contribution is 5.81. The van der Waals surface area contributed by atoms with E-state index in [1.807, 2.05) is 31.4 Å². The fraction of sp³-hybridized carbons (Fsp3) is 0.269. The second-order valence-electron chi connectivity index (χ2n) is 8.31. The Labute approximate surface area is 187 Å². The highest BCUT2D eigenvalue weighted by Gasteiger charge is 2.23. The Morgan fingerprint density at radius 1 is 1.06 bits per heavy atom. The number of nitrogens with zero attached hydrogens (tertiary/aromatic N) is 3.